The first-order valence-electron chi connectivity index (χ1n) is 5.75. The Morgan fingerprint density at radius 3 is 2.78 bits per heavy atom. The Morgan fingerprint density at radius 1 is 1.33 bits per heavy atom. The number of hydrogen-bond acceptors (Lipinski definition) is 3. The van der Waals surface area contributed by atoms with Gasteiger partial charge in [0.25, 0.3) is 5.91 Å². The molecule has 1 heterocycles. The Bertz CT molecular complexity index is 571. The van der Waals surface area contributed by atoms with Gasteiger partial charge in [-0.05, 0) is 18.4 Å². The summed E-state index contributed by atoms with van der Waals surface area (Å²) >= 11 is 6.00. The monoisotopic (exact) mass is 263 g/mol. The SMILES string of the molecule is NCCCNC(=O)c1cnc(Cl)c2ccccc12. The van der Waals surface area contributed by atoms with E-state index < -0.39 is 0 Å². The zero-order valence-electron chi connectivity index (χ0n) is 9.82. The molecule has 0 bridgehead atoms. The van der Waals surface area contributed by atoms with Crippen LogP contribution in [0.1, 0.15) is 16.8 Å². The molecule has 1 aromatic heterocycles. The predicted molar refractivity (Wildman–Crippen MR) is 72.8 cm³/mol. The van der Waals surface area contributed by atoms with E-state index in [0.29, 0.717) is 23.8 Å². The van der Waals surface area contributed by atoms with Crippen molar-refractivity contribution in [2.45, 2.75) is 6.42 Å². The smallest absolute Gasteiger partial charge is 0.253 e. The maximum Gasteiger partial charge on any atom is 0.253 e. The van der Waals surface area contributed by atoms with E-state index in [1.165, 1.54) is 6.20 Å². The third-order valence-electron chi connectivity index (χ3n) is 2.66. The molecule has 0 saturated carbocycles. The van der Waals surface area contributed by atoms with Crippen molar-refractivity contribution in [1.29, 1.82) is 0 Å². The van der Waals surface area contributed by atoms with Crippen LogP contribution in [0.15, 0.2) is 30.5 Å². The molecule has 3 N–H and O–H groups in total. The van der Waals surface area contributed by atoms with Gasteiger partial charge >= 0.3 is 0 Å². The lowest BCUT2D eigenvalue weighted by atomic mass is 10.1. The molecule has 1 amide bonds. The molecule has 94 valence electrons. The van der Waals surface area contributed by atoms with Crippen molar-refractivity contribution in [2.75, 3.05) is 13.1 Å². The number of carbonyl (C=O) groups is 1. The highest BCUT2D eigenvalue weighted by Gasteiger charge is 2.11. The van der Waals surface area contributed by atoms with Crippen molar-refractivity contribution in [1.82, 2.24) is 10.3 Å². The van der Waals surface area contributed by atoms with Crippen molar-refractivity contribution in [3.8, 4) is 0 Å². The van der Waals surface area contributed by atoms with Crippen molar-refractivity contribution in [3.63, 3.8) is 0 Å². The third-order valence-corrected chi connectivity index (χ3v) is 2.96. The highest BCUT2D eigenvalue weighted by Crippen LogP contribution is 2.23. The van der Waals surface area contributed by atoms with Gasteiger partial charge in [0, 0.05) is 18.1 Å². The molecule has 2 aromatic rings. The second-order valence-corrected chi connectivity index (χ2v) is 4.26. The Balaban J connectivity index is 2.33. The van der Waals surface area contributed by atoms with Gasteiger partial charge in [0.05, 0.1) is 5.56 Å². The predicted octanol–water partition coefficient (Wildman–Crippen LogP) is 1.97. The van der Waals surface area contributed by atoms with E-state index in [1.54, 1.807) is 0 Å². The standard InChI is InChI=1S/C13H14ClN3O/c14-12-10-5-2-1-4-9(10)11(8-17-12)13(18)16-7-3-6-15/h1-2,4-5,8H,3,6-7,15H2,(H,16,18). The Kier molecular flexibility index (Phi) is 4.12. The molecule has 0 aliphatic heterocycles. The van der Waals surface area contributed by atoms with E-state index in [2.05, 4.69) is 10.3 Å². The van der Waals surface area contributed by atoms with Crippen molar-refractivity contribution in [3.05, 3.63) is 41.2 Å². The number of amides is 1. The Labute approximate surface area is 110 Å². The number of rotatable bonds is 4. The lowest BCUT2D eigenvalue weighted by Gasteiger charge is -2.08. The van der Waals surface area contributed by atoms with Crippen LogP contribution in [-0.4, -0.2) is 24.0 Å². The van der Waals surface area contributed by atoms with Gasteiger partial charge in [-0.1, -0.05) is 35.9 Å². The summed E-state index contributed by atoms with van der Waals surface area (Å²) in [7, 11) is 0. The number of halogens is 1. The van der Waals surface area contributed by atoms with Crippen molar-refractivity contribution in [2.24, 2.45) is 5.73 Å². The molecule has 18 heavy (non-hydrogen) atoms. The summed E-state index contributed by atoms with van der Waals surface area (Å²) in [6.45, 7) is 1.12. The average Bonchev–Trinajstić information content (AvgIpc) is 2.39. The fraction of sp³-hybridized carbons (Fsp3) is 0.231. The summed E-state index contributed by atoms with van der Waals surface area (Å²) in [5, 5.41) is 4.81. The van der Waals surface area contributed by atoms with E-state index in [9.17, 15) is 4.79 Å². The summed E-state index contributed by atoms with van der Waals surface area (Å²) in [4.78, 5) is 16.0. The molecule has 5 heteroatoms. The zero-order valence-corrected chi connectivity index (χ0v) is 10.6. The first-order valence-corrected chi connectivity index (χ1v) is 6.13. The van der Waals surface area contributed by atoms with Gasteiger partial charge in [-0.2, -0.15) is 0 Å². The molecule has 1 aromatic carbocycles. The molecule has 0 fully saturated rings. The molecule has 0 unspecified atom stereocenters. The summed E-state index contributed by atoms with van der Waals surface area (Å²) in [5.74, 6) is -0.149. The van der Waals surface area contributed by atoms with E-state index in [0.717, 1.165) is 17.2 Å². The van der Waals surface area contributed by atoms with E-state index in [-0.39, 0.29) is 5.91 Å². The molecule has 4 nitrogen and oxygen atoms in total. The number of benzene rings is 1. The van der Waals surface area contributed by atoms with E-state index >= 15 is 0 Å². The number of hydrogen-bond donors (Lipinski definition) is 2. The molecule has 0 spiro atoms. The van der Waals surface area contributed by atoms with Crippen molar-refractivity contribution < 1.29 is 4.79 Å². The molecule has 2 rings (SSSR count). The van der Waals surface area contributed by atoms with E-state index in [1.807, 2.05) is 24.3 Å². The maximum atomic E-state index is 12.0. The maximum absolute atomic E-state index is 12.0. The lowest BCUT2D eigenvalue weighted by molar-refractivity contribution is 0.0955. The third kappa shape index (κ3) is 2.60. The van der Waals surface area contributed by atoms with E-state index in [4.69, 9.17) is 17.3 Å². The fourth-order valence-electron chi connectivity index (χ4n) is 1.74. The first-order chi connectivity index (χ1) is 8.74. The second-order valence-electron chi connectivity index (χ2n) is 3.91. The Morgan fingerprint density at radius 2 is 2.06 bits per heavy atom. The molecule has 0 aliphatic carbocycles. The molecule has 0 radical (unpaired) electrons. The normalized spacial score (nSPS) is 10.6. The minimum absolute atomic E-state index is 0.149. The second kappa shape index (κ2) is 5.80. The first kappa shape index (κ1) is 12.8. The molecular weight excluding hydrogens is 250 g/mol. The minimum Gasteiger partial charge on any atom is -0.352 e. The van der Waals surface area contributed by atoms with Crippen molar-refractivity contribution >= 4 is 28.3 Å². The number of nitrogens with one attached hydrogen (secondary N) is 1. The van der Waals surface area contributed by atoms with Crippen LogP contribution in [-0.2, 0) is 0 Å². The highest BCUT2D eigenvalue weighted by atomic mass is 35.5. The van der Waals surface area contributed by atoms with Gasteiger partial charge in [0.2, 0.25) is 0 Å². The highest BCUT2D eigenvalue weighted by molar-refractivity contribution is 6.34. The number of nitrogens with two attached hydrogens (primary N) is 1. The summed E-state index contributed by atoms with van der Waals surface area (Å²) in [6, 6.07) is 7.45. The molecule has 0 atom stereocenters. The number of aromatic nitrogens is 1. The molecule has 0 aliphatic rings. The van der Waals surface area contributed by atoms with Gasteiger partial charge in [-0.15, -0.1) is 0 Å². The lowest BCUT2D eigenvalue weighted by Crippen LogP contribution is -2.26. The number of fused-ring (bicyclic) bond motifs is 1. The fourth-order valence-corrected chi connectivity index (χ4v) is 1.95. The van der Waals surface area contributed by atoms with Crippen LogP contribution in [0.5, 0.6) is 0 Å². The van der Waals surface area contributed by atoms with Crippen LogP contribution in [0.4, 0.5) is 0 Å². The summed E-state index contributed by atoms with van der Waals surface area (Å²) < 4.78 is 0. The van der Waals surface area contributed by atoms with Gasteiger partial charge in [-0.25, -0.2) is 4.98 Å². The van der Waals surface area contributed by atoms with Crippen LogP contribution in [0.2, 0.25) is 5.15 Å². The zero-order chi connectivity index (χ0) is 13.0. The number of carbonyl (C=O) groups excluding carboxylic acids is 1. The summed E-state index contributed by atoms with van der Waals surface area (Å²) in [6.07, 6.45) is 2.26. The van der Waals surface area contributed by atoms with Crippen LogP contribution >= 0.6 is 11.6 Å². The number of pyridine rings is 1. The molecule has 0 saturated heterocycles. The van der Waals surface area contributed by atoms with Gasteiger partial charge in [-0.3, -0.25) is 4.79 Å². The van der Waals surface area contributed by atoms with Crippen LogP contribution in [0.25, 0.3) is 10.8 Å². The topological polar surface area (TPSA) is 68.0 Å². The quantitative estimate of drug-likeness (QED) is 0.655. The van der Waals surface area contributed by atoms with Crippen LogP contribution in [0.3, 0.4) is 0 Å². The van der Waals surface area contributed by atoms with Crippen LogP contribution < -0.4 is 11.1 Å². The van der Waals surface area contributed by atoms with Gasteiger partial charge in [0.15, 0.2) is 0 Å². The molecular formula is C13H14ClN3O. The van der Waals surface area contributed by atoms with Crippen LogP contribution in [0, 0.1) is 0 Å². The van der Waals surface area contributed by atoms with Gasteiger partial charge in [0.1, 0.15) is 5.15 Å². The average molecular weight is 264 g/mol. The Hall–Kier alpha value is -1.65. The summed E-state index contributed by atoms with van der Waals surface area (Å²) in [5.41, 5.74) is 5.92. The number of nitrogens with zero attached hydrogens (tertiary/aromatic N) is 1. The minimum atomic E-state index is -0.149. The van der Waals surface area contributed by atoms with Gasteiger partial charge < -0.3 is 11.1 Å². The largest absolute Gasteiger partial charge is 0.352 e.